The zero-order chi connectivity index (χ0) is 19.4. The van der Waals surface area contributed by atoms with E-state index < -0.39 is 10.8 Å². The Morgan fingerprint density at radius 3 is 2.44 bits per heavy atom. The van der Waals surface area contributed by atoms with Gasteiger partial charge in [0, 0.05) is 44.4 Å². The number of amides is 1. The number of halogens is 1. The molecular weight excluding hydrogens is 351 g/mol. The molecule has 0 radical (unpaired) electrons. The molecule has 1 heterocycles. The number of rotatable bonds is 5. The van der Waals surface area contributed by atoms with Crippen LogP contribution in [0.5, 0.6) is 0 Å². The molecule has 27 heavy (non-hydrogen) atoms. The topological polar surface area (TPSA) is 78.7 Å². The first-order valence-electron chi connectivity index (χ1n) is 8.68. The van der Waals surface area contributed by atoms with Gasteiger partial charge in [0.05, 0.1) is 4.92 Å². The fourth-order valence-corrected chi connectivity index (χ4v) is 3.01. The summed E-state index contributed by atoms with van der Waals surface area (Å²) < 4.78 is 12.9. The number of benzene rings is 2. The van der Waals surface area contributed by atoms with E-state index >= 15 is 0 Å². The van der Waals surface area contributed by atoms with E-state index in [-0.39, 0.29) is 23.6 Å². The number of hydrogen-bond donors (Lipinski definition) is 1. The van der Waals surface area contributed by atoms with E-state index in [1.807, 2.05) is 11.9 Å². The molecule has 1 amide bonds. The van der Waals surface area contributed by atoms with Crippen LogP contribution in [-0.2, 0) is 6.54 Å². The minimum absolute atomic E-state index is 0.0750. The smallest absolute Gasteiger partial charge is 0.293 e. The first-order chi connectivity index (χ1) is 12.9. The molecule has 2 aromatic rings. The van der Waals surface area contributed by atoms with Gasteiger partial charge in [0.15, 0.2) is 0 Å². The third-order valence-corrected chi connectivity index (χ3v) is 4.64. The number of hydrogen-bond acceptors (Lipinski definition) is 5. The van der Waals surface area contributed by atoms with Gasteiger partial charge < -0.3 is 15.1 Å². The average molecular weight is 372 g/mol. The maximum Gasteiger partial charge on any atom is 0.293 e. The third kappa shape index (κ3) is 4.59. The van der Waals surface area contributed by atoms with Crippen molar-refractivity contribution in [1.82, 2.24) is 10.2 Å². The number of nitrogens with one attached hydrogen (secondary N) is 1. The molecule has 0 aliphatic carbocycles. The number of anilines is 1. The monoisotopic (exact) mass is 372 g/mol. The molecule has 0 spiro atoms. The summed E-state index contributed by atoms with van der Waals surface area (Å²) in [6.45, 7) is 3.28. The van der Waals surface area contributed by atoms with Crippen LogP contribution in [0.1, 0.15) is 15.9 Å². The quantitative estimate of drug-likeness (QED) is 0.644. The van der Waals surface area contributed by atoms with E-state index in [4.69, 9.17) is 0 Å². The molecule has 1 fully saturated rings. The summed E-state index contributed by atoms with van der Waals surface area (Å²) in [4.78, 5) is 27.6. The van der Waals surface area contributed by atoms with E-state index in [1.54, 1.807) is 24.3 Å². The Kier molecular flexibility index (Phi) is 5.66. The van der Waals surface area contributed by atoms with Crippen molar-refractivity contribution in [3.63, 3.8) is 0 Å². The highest BCUT2D eigenvalue weighted by Gasteiger charge is 2.24. The van der Waals surface area contributed by atoms with Gasteiger partial charge in [0.2, 0.25) is 0 Å². The Morgan fingerprint density at radius 1 is 1.15 bits per heavy atom. The molecule has 142 valence electrons. The minimum Gasteiger partial charge on any atom is -0.363 e. The molecule has 7 nitrogen and oxygen atoms in total. The van der Waals surface area contributed by atoms with E-state index in [1.165, 1.54) is 18.2 Å². The average Bonchev–Trinajstić information content (AvgIpc) is 2.67. The first-order valence-corrected chi connectivity index (χ1v) is 8.68. The Morgan fingerprint density at radius 2 is 1.81 bits per heavy atom. The van der Waals surface area contributed by atoms with Gasteiger partial charge in [0.1, 0.15) is 11.5 Å². The van der Waals surface area contributed by atoms with Crippen LogP contribution in [0.25, 0.3) is 0 Å². The molecular formula is C19H21FN4O3. The highest BCUT2D eigenvalue weighted by Crippen LogP contribution is 2.30. The van der Waals surface area contributed by atoms with Gasteiger partial charge >= 0.3 is 0 Å². The van der Waals surface area contributed by atoms with Crippen LogP contribution >= 0.6 is 0 Å². The van der Waals surface area contributed by atoms with Gasteiger partial charge in [-0.2, -0.15) is 0 Å². The number of carbonyl (C=O) groups excluding carboxylic acids is 1. The minimum atomic E-state index is -0.454. The van der Waals surface area contributed by atoms with Crippen LogP contribution in [0.3, 0.4) is 0 Å². The van der Waals surface area contributed by atoms with Crippen molar-refractivity contribution < 1.29 is 14.1 Å². The molecule has 1 N–H and O–H groups in total. The summed E-state index contributed by atoms with van der Waals surface area (Å²) in [7, 11) is 2.01. The number of nitro benzene ring substituents is 1. The van der Waals surface area contributed by atoms with Crippen molar-refractivity contribution in [2.75, 3.05) is 38.1 Å². The molecule has 0 atom stereocenters. The fraction of sp³-hybridized carbons (Fsp3) is 0.316. The second-order valence-corrected chi connectivity index (χ2v) is 6.56. The summed E-state index contributed by atoms with van der Waals surface area (Å²) in [6.07, 6.45) is 0. The second kappa shape index (κ2) is 8.13. The second-order valence-electron chi connectivity index (χ2n) is 6.56. The van der Waals surface area contributed by atoms with Crippen LogP contribution < -0.4 is 10.2 Å². The van der Waals surface area contributed by atoms with Gasteiger partial charge in [0.25, 0.3) is 11.6 Å². The van der Waals surface area contributed by atoms with Gasteiger partial charge in [-0.1, -0.05) is 12.1 Å². The van der Waals surface area contributed by atoms with E-state index in [0.29, 0.717) is 18.8 Å². The van der Waals surface area contributed by atoms with E-state index in [9.17, 15) is 19.3 Å². The summed E-state index contributed by atoms with van der Waals surface area (Å²) in [5.41, 5.74) is 1.42. The van der Waals surface area contributed by atoms with Crippen molar-refractivity contribution in [2.45, 2.75) is 6.54 Å². The number of nitro groups is 1. The van der Waals surface area contributed by atoms with Crippen LogP contribution in [0.4, 0.5) is 15.8 Å². The number of piperazine rings is 1. The van der Waals surface area contributed by atoms with E-state index in [0.717, 1.165) is 18.7 Å². The molecule has 8 heteroatoms. The predicted molar refractivity (Wildman–Crippen MR) is 100 cm³/mol. The maximum absolute atomic E-state index is 12.9. The molecule has 1 aliphatic rings. The molecule has 1 saturated heterocycles. The fourth-order valence-electron chi connectivity index (χ4n) is 3.01. The molecule has 1 aliphatic heterocycles. The maximum atomic E-state index is 12.9. The van der Waals surface area contributed by atoms with Crippen LogP contribution in [0.15, 0.2) is 42.5 Å². The number of carbonyl (C=O) groups is 1. The summed E-state index contributed by atoms with van der Waals surface area (Å²) in [5, 5.41) is 14.2. The van der Waals surface area contributed by atoms with Gasteiger partial charge in [-0.15, -0.1) is 0 Å². The highest BCUT2D eigenvalue weighted by molar-refractivity contribution is 5.95. The molecule has 2 aromatic carbocycles. The van der Waals surface area contributed by atoms with E-state index in [2.05, 4.69) is 10.2 Å². The van der Waals surface area contributed by atoms with Crippen molar-refractivity contribution in [3.05, 3.63) is 69.5 Å². The van der Waals surface area contributed by atoms with Gasteiger partial charge in [-0.3, -0.25) is 14.9 Å². The molecule has 0 saturated carbocycles. The van der Waals surface area contributed by atoms with Crippen LogP contribution in [0, 0.1) is 15.9 Å². The Hall–Kier alpha value is -3.00. The summed E-state index contributed by atoms with van der Waals surface area (Å²) >= 11 is 0. The van der Waals surface area contributed by atoms with Gasteiger partial charge in [-0.05, 0) is 36.9 Å². The lowest BCUT2D eigenvalue weighted by molar-refractivity contribution is -0.384. The summed E-state index contributed by atoms with van der Waals surface area (Å²) in [5.74, 6) is -0.757. The number of likely N-dealkylation sites (N-methyl/N-ethyl adjacent to an activating group) is 1. The molecule has 0 bridgehead atoms. The largest absolute Gasteiger partial charge is 0.363 e. The van der Waals surface area contributed by atoms with Crippen molar-refractivity contribution in [3.8, 4) is 0 Å². The lowest BCUT2D eigenvalue weighted by Crippen LogP contribution is -2.44. The molecule has 0 unspecified atom stereocenters. The Bertz CT molecular complexity index is 833. The molecule has 0 aromatic heterocycles. The zero-order valence-corrected chi connectivity index (χ0v) is 15.0. The SMILES string of the molecule is CN1CCN(c2ccc(C(=O)NCc3ccc(F)cc3)cc2[N+](=O)[O-])CC1. The third-order valence-electron chi connectivity index (χ3n) is 4.64. The zero-order valence-electron chi connectivity index (χ0n) is 15.0. The number of nitrogens with zero attached hydrogens (tertiary/aromatic N) is 3. The van der Waals surface area contributed by atoms with Crippen molar-refractivity contribution in [1.29, 1.82) is 0 Å². The summed E-state index contributed by atoms with van der Waals surface area (Å²) in [6, 6.07) is 10.3. The Labute approximate surface area is 156 Å². The standard InChI is InChI=1S/C19H21FN4O3/c1-22-8-10-23(11-9-22)17-7-4-15(12-18(17)24(26)27)19(25)21-13-14-2-5-16(20)6-3-14/h2-7,12H,8-11,13H2,1H3,(H,21,25). The molecule has 3 rings (SSSR count). The van der Waals surface area contributed by atoms with Gasteiger partial charge in [-0.25, -0.2) is 4.39 Å². The Balaban J connectivity index is 1.73. The first kappa shape index (κ1) is 18.8. The predicted octanol–water partition coefficient (Wildman–Crippen LogP) is 2.42. The van der Waals surface area contributed by atoms with Crippen LogP contribution in [-0.4, -0.2) is 49.0 Å². The van der Waals surface area contributed by atoms with Crippen molar-refractivity contribution >= 4 is 17.3 Å². The lowest BCUT2D eigenvalue weighted by atomic mass is 10.1. The highest BCUT2D eigenvalue weighted by atomic mass is 19.1. The van der Waals surface area contributed by atoms with Crippen molar-refractivity contribution in [2.24, 2.45) is 0 Å². The van der Waals surface area contributed by atoms with Crippen LogP contribution in [0.2, 0.25) is 0 Å². The normalized spacial score (nSPS) is 14.8. The lowest BCUT2D eigenvalue weighted by Gasteiger charge is -2.33.